The summed E-state index contributed by atoms with van der Waals surface area (Å²) in [5, 5.41) is 2.32. The molecule has 1 aromatic rings. The van der Waals surface area contributed by atoms with E-state index in [4.69, 9.17) is 4.74 Å². The highest BCUT2D eigenvalue weighted by Gasteiger charge is 2.22. The van der Waals surface area contributed by atoms with E-state index in [1.165, 1.54) is 0 Å². The van der Waals surface area contributed by atoms with Gasteiger partial charge in [-0.2, -0.15) is 0 Å². The highest BCUT2D eigenvalue weighted by atomic mass is 16.5. The van der Waals surface area contributed by atoms with Crippen LogP contribution in [0.15, 0.2) is 24.3 Å². The summed E-state index contributed by atoms with van der Waals surface area (Å²) < 4.78 is 5.58. The molecular formula is C15H20N2O3. The lowest BCUT2D eigenvalue weighted by Gasteiger charge is -2.26. The van der Waals surface area contributed by atoms with Crippen LogP contribution in [0.3, 0.4) is 0 Å². The normalized spacial score (nSPS) is 15.4. The van der Waals surface area contributed by atoms with Crippen molar-refractivity contribution in [2.75, 3.05) is 13.1 Å². The average molecular weight is 276 g/mol. The van der Waals surface area contributed by atoms with Crippen molar-refractivity contribution < 1.29 is 14.3 Å². The molecule has 1 fully saturated rings. The van der Waals surface area contributed by atoms with E-state index in [1.54, 1.807) is 4.90 Å². The molecule has 5 nitrogen and oxygen atoms in total. The molecule has 108 valence electrons. The number of carbonyl (C=O) groups excluding carboxylic acids is 2. The lowest BCUT2D eigenvalue weighted by atomic mass is 10.1. The summed E-state index contributed by atoms with van der Waals surface area (Å²) in [7, 11) is 0. The minimum atomic E-state index is -0.291. The maximum Gasteiger partial charge on any atom is 0.324 e. The number of benzene rings is 1. The molecular weight excluding hydrogens is 256 g/mol. The third-order valence-electron chi connectivity index (χ3n) is 3.11. The van der Waals surface area contributed by atoms with Gasteiger partial charge in [-0.15, -0.1) is 0 Å². The van der Waals surface area contributed by atoms with Crippen LogP contribution in [0.5, 0.6) is 5.75 Å². The molecule has 0 spiro atoms. The minimum Gasteiger partial charge on any atom is -0.491 e. The van der Waals surface area contributed by atoms with E-state index in [0.717, 1.165) is 17.7 Å². The van der Waals surface area contributed by atoms with Crippen molar-refractivity contribution in [1.82, 2.24) is 10.2 Å². The molecule has 0 aliphatic carbocycles. The van der Waals surface area contributed by atoms with Crippen molar-refractivity contribution in [1.29, 1.82) is 0 Å². The Morgan fingerprint density at radius 2 is 1.95 bits per heavy atom. The SMILES string of the molecule is CC(C)Oc1ccc(CCN2CCC(=O)NC2=O)cc1. The van der Waals surface area contributed by atoms with E-state index in [0.29, 0.717) is 19.5 Å². The smallest absolute Gasteiger partial charge is 0.324 e. The van der Waals surface area contributed by atoms with Crippen LogP contribution in [-0.2, 0) is 11.2 Å². The molecule has 0 unspecified atom stereocenters. The van der Waals surface area contributed by atoms with E-state index in [2.05, 4.69) is 5.32 Å². The number of amides is 3. The van der Waals surface area contributed by atoms with Crippen LogP contribution in [0.2, 0.25) is 0 Å². The van der Waals surface area contributed by atoms with Crippen molar-refractivity contribution >= 4 is 11.9 Å². The summed E-state index contributed by atoms with van der Waals surface area (Å²) in [4.78, 5) is 24.3. The van der Waals surface area contributed by atoms with Crippen LogP contribution < -0.4 is 10.1 Å². The van der Waals surface area contributed by atoms with Crippen molar-refractivity contribution in [3.8, 4) is 5.75 Å². The third kappa shape index (κ3) is 3.98. The lowest BCUT2D eigenvalue weighted by Crippen LogP contribution is -2.49. The fourth-order valence-electron chi connectivity index (χ4n) is 2.08. The molecule has 0 aromatic heterocycles. The molecule has 1 aliphatic rings. The number of hydrogen-bond acceptors (Lipinski definition) is 3. The van der Waals surface area contributed by atoms with Crippen LogP contribution in [0.4, 0.5) is 4.79 Å². The molecule has 0 bridgehead atoms. The first-order chi connectivity index (χ1) is 9.54. The highest BCUT2D eigenvalue weighted by Crippen LogP contribution is 2.14. The molecule has 0 radical (unpaired) electrons. The Kier molecular flexibility index (Phi) is 4.61. The average Bonchev–Trinajstić information content (AvgIpc) is 2.39. The Morgan fingerprint density at radius 1 is 1.25 bits per heavy atom. The van der Waals surface area contributed by atoms with Crippen LogP contribution in [0, 0.1) is 0 Å². The predicted octanol–water partition coefficient (Wildman–Crippen LogP) is 1.96. The van der Waals surface area contributed by atoms with Gasteiger partial charge in [0, 0.05) is 19.5 Å². The van der Waals surface area contributed by atoms with Gasteiger partial charge in [-0.05, 0) is 38.0 Å². The topological polar surface area (TPSA) is 58.6 Å². The van der Waals surface area contributed by atoms with Gasteiger partial charge in [0.1, 0.15) is 5.75 Å². The fraction of sp³-hybridized carbons (Fsp3) is 0.467. The van der Waals surface area contributed by atoms with Crippen molar-refractivity contribution in [2.45, 2.75) is 32.8 Å². The Hall–Kier alpha value is -2.04. The molecule has 1 saturated heterocycles. The van der Waals surface area contributed by atoms with Gasteiger partial charge in [0.2, 0.25) is 5.91 Å². The maximum atomic E-state index is 11.6. The molecule has 20 heavy (non-hydrogen) atoms. The summed E-state index contributed by atoms with van der Waals surface area (Å²) in [5.74, 6) is 0.659. The quantitative estimate of drug-likeness (QED) is 0.894. The largest absolute Gasteiger partial charge is 0.491 e. The zero-order chi connectivity index (χ0) is 14.5. The van der Waals surface area contributed by atoms with E-state index >= 15 is 0 Å². The first-order valence-electron chi connectivity index (χ1n) is 6.89. The van der Waals surface area contributed by atoms with Crippen molar-refractivity contribution in [3.63, 3.8) is 0 Å². The Labute approximate surface area is 118 Å². The van der Waals surface area contributed by atoms with E-state index in [1.807, 2.05) is 38.1 Å². The summed E-state index contributed by atoms with van der Waals surface area (Å²) in [6, 6.07) is 7.60. The molecule has 0 atom stereocenters. The van der Waals surface area contributed by atoms with Gasteiger partial charge in [0.25, 0.3) is 0 Å². The molecule has 0 saturated carbocycles. The number of carbonyl (C=O) groups is 2. The summed E-state index contributed by atoms with van der Waals surface area (Å²) >= 11 is 0. The lowest BCUT2D eigenvalue weighted by molar-refractivity contribution is -0.121. The van der Waals surface area contributed by atoms with E-state index in [9.17, 15) is 9.59 Å². The van der Waals surface area contributed by atoms with Crippen molar-refractivity contribution in [3.05, 3.63) is 29.8 Å². The molecule has 5 heteroatoms. The maximum absolute atomic E-state index is 11.6. The molecule has 1 aliphatic heterocycles. The van der Waals surface area contributed by atoms with Gasteiger partial charge < -0.3 is 9.64 Å². The third-order valence-corrected chi connectivity index (χ3v) is 3.11. The number of urea groups is 1. The second-order valence-corrected chi connectivity index (χ2v) is 5.15. The summed E-state index contributed by atoms with van der Waals surface area (Å²) in [6.07, 6.45) is 1.31. The fourth-order valence-corrected chi connectivity index (χ4v) is 2.08. The summed E-state index contributed by atoms with van der Waals surface area (Å²) in [6.45, 7) is 5.09. The number of hydrogen-bond donors (Lipinski definition) is 1. The van der Waals surface area contributed by atoms with E-state index < -0.39 is 0 Å². The zero-order valence-corrected chi connectivity index (χ0v) is 11.9. The predicted molar refractivity (Wildman–Crippen MR) is 75.6 cm³/mol. The van der Waals surface area contributed by atoms with Crippen LogP contribution >= 0.6 is 0 Å². The minimum absolute atomic E-state index is 0.162. The molecule has 1 aromatic carbocycles. The highest BCUT2D eigenvalue weighted by molar-refractivity contribution is 5.96. The van der Waals surface area contributed by atoms with Crippen LogP contribution in [0.25, 0.3) is 0 Å². The standard InChI is InChI=1S/C15H20N2O3/c1-11(2)20-13-5-3-12(4-6-13)7-9-17-10-8-14(18)16-15(17)19/h3-6,11H,7-10H2,1-2H3,(H,16,18,19). The number of nitrogens with one attached hydrogen (secondary N) is 1. The second-order valence-electron chi connectivity index (χ2n) is 5.15. The molecule has 3 amide bonds. The van der Waals surface area contributed by atoms with E-state index in [-0.39, 0.29) is 18.0 Å². The van der Waals surface area contributed by atoms with Gasteiger partial charge in [-0.1, -0.05) is 12.1 Å². The Bertz CT molecular complexity index is 482. The van der Waals surface area contributed by atoms with Crippen LogP contribution in [0.1, 0.15) is 25.8 Å². The Morgan fingerprint density at radius 3 is 2.55 bits per heavy atom. The zero-order valence-electron chi connectivity index (χ0n) is 11.9. The van der Waals surface area contributed by atoms with Gasteiger partial charge in [-0.3, -0.25) is 10.1 Å². The van der Waals surface area contributed by atoms with Gasteiger partial charge in [0.05, 0.1) is 6.10 Å². The van der Waals surface area contributed by atoms with Crippen LogP contribution in [-0.4, -0.2) is 36.0 Å². The summed E-state index contributed by atoms with van der Waals surface area (Å²) in [5.41, 5.74) is 1.14. The second kappa shape index (κ2) is 6.41. The number of imide groups is 1. The number of rotatable bonds is 5. The van der Waals surface area contributed by atoms with Crippen molar-refractivity contribution in [2.24, 2.45) is 0 Å². The molecule has 2 rings (SSSR count). The molecule has 1 heterocycles. The monoisotopic (exact) mass is 276 g/mol. The first-order valence-corrected chi connectivity index (χ1v) is 6.89. The Balaban J connectivity index is 1.84. The first kappa shape index (κ1) is 14.4. The number of ether oxygens (including phenoxy) is 1. The number of nitrogens with zero attached hydrogens (tertiary/aromatic N) is 1. The van der Waals surface area contributed by atoms with Gasteiger partial charge >= 0.3 is 6.03 Å². The van der Waals surface area contributed by atoms with Gasteiger partial charge in [0.15, 0.2) is 0 Å². The van der Waals surface area contributed by atoms with Gasteiger partial charge in [-0.25, -0.2) is 4.79 Å². The molecule has 1 N–H and O–H groups in total.